The van der Waals surface area contributed by atoms with Crippen LogP contribution in [-0.4, -0.2) is 49.9 Å². The molecule has 1 fully saturated rings. The molecule has 0 spiro atoms. The van der Waals surface area contributed by atoms with Crippen molar-refractivity contribution in [2.24, 2.45) is 11.8 Å². The SMILES string of the molecule is CC(C)N1CCCC(Cc2nc3n(n2)CC(C(=O)O)CC3)C1. The van der Waals surface area contributed by atoms with Gasteiger partial charge in [0.25, 0.3) is 0 Å². The Hall–Kier alpha value is -1.43. The Morgan fingerprint density at radius 1 is 1.36 bits per heavy atom. The van der Waals surface area contributed by atoms with E-state index in [2.05, 4.69) is 28.8 Å². The number of carboxylic acid groups (broad SMARTS) is 1. The average molecular weight is 306 g/mol. The first-order chi connectivity index (χ1) is 10.5. The summed E-state index contributed by atoms with van der Waals surface area (Å²) in [6.45, 7) is 7.30. The fourth-order valence-corrected chi connectivity index (χ4v) is 3.64. The fourth-order valence-electron chi connectivity index (χ4n) is 3.64. The van der Waals surface area contributed by atoms with Gasteiger partial charge in [-0.1, -0.05) is 0 Å². The predicted molar refractivity (Wildman–Crippen MR) is 82.6 cm³/mol. The second kappa shape index (κ2) is 6.36. The number of aromatic nitrogens is 3. The van der Waals surface area contributed by atoms with Crippen molar-refractivity contribution < 1.29 is 9.90 Å². The normalized spacial score (nSPS) is 26.1. The topological polar surface area (TPSA) is 71.2 Å². The van der Waals surface area contributed by atoms with Crippen molar-refractivity contribution in [1.82, 2.24) is 19.7 Å². The Balaban J connectivity index is 1.63. The Morgan fingerprint density at radius 2 is 2.18 bits per heavy atom. The lowest BCUT2D eigenvalue weighted by Gasteiger charge is -2.35. The van der Waals surface area contributed by atoms with Gasteiger partial charge in [0.05, 0.1) is 12.5 Å². The van der Waals surface area contributed by atoms with Crippen LogP contribution in [0.15, 0.2) is 0 Å². The van der Waals surface area contributed by atoms with Gasteiger partial charge in [-0.3, -0.25) is 4.79 Å². The molecule has 3 rings (SSSR count). The second-order valence-electron chi connectivity index (χ2n) is 7.00. The van der Waals surface area contributed by atoms with Crippen molar-refractivity contribution in [2.75, 3.05) is 13.1 Å². The van der Waals surface area contributed by atoms with Crippen molar-refractivity contribution in [2.45, 2.75) is 58.5 Å². The molecule has 0 amide bonds. The van der Waals surface area contributed by atoms with Crippen molar-refractivity contribution in [1.29, 1.82) is 0 Å². The average Bonchev–Trinajstić information content (AvgIpc) is 2.88. The number of hydrogen-bond acceptors (Lipinski definition) is 4. The number of piperidine rings is 1. The zero-order valence-electron chi connectivity index (χ0n) is 13.5. The second-order valence-corrected chi connectivity index (χ2v) is 7.00. The zero-order chi connectivity index (χ0) is 15.7. The fraction of sp³-hybridized carbons (Fsp3) is 0.812. The molecule has 1 aromatic rings. The van der Waals surface area contributed by atoms with Crippen LogP contribution in [0.1, 0.15) is 44.8 Å². The van der Waals surface area contributed by atoms with E-state index in [1.807, 2.05) is 4.68 Å². The van der Waals surface area contributed by atoms with Crippen LogP contribution in [0.5, 0.6) is 0 Å². The van der Waals surface area contributed by atoms with Gasteiger partial charge < -0.3 is 10.0 Å². The van der Waals surface area contributed by atoms with Crippen molar-refractivity contribution in [3.8, 4) is 0 Å². The largest absolute Gasteiger partial charge is 0.481 e. The van der Waals surface area contributed by atoms with Gasteiger partial charge in [-0.25, -0.2) is 9.67 Å². The van der Waals surface area contributed by atoms with Crippen molar-refractivity contribution >= 4 is 5.97 Å². The molecule has 3 heterocycles. The number of rotatable bonds is 4. The highest BCUT2D eigenvalue weighted by molar-refractivity contribution is 5.70. The summed E-state index contributed by atoms with van der Waals surface area (Å²) >= 11 is 0. The molecule has 2 aliphatic rings. The number of carboxylic acids is 1. The summed E-state index contributed by atoms with van der Waals surface area (Å²) in [6, 6.07) is 0.599. The molecular formula is C16H26N4O2. The predicted octanol–water partition coefficient (Wildman–Crippen LogP) is 1.59. The van der Waals surface area contributed by atoms with Gasteiger partial charge >= 0.3 is 5.97 Å². The third-order valence-corrected chi connectivity index (χ3v) is 5.00. The maximum atomic E-state index is 11.1. The quantitative estimate of drug-likeness (QED) is 0.914. The minimum atomic E-state index is -0.720. The van der Waals surface area contributed by atoms with E-state index in [-0.39, 0.29) is 5.92 Å². The molecule has 1 saturated heterocycles. The first-order valence-corrected chi connectivity index (χ1v) is 8.42. The van der Waals surface area contributed by atoms with Crippen LogP contribution in [0.4, 0.5) is 0 Å². The molecule has 2 unspecified atom stereocenters. The van der Waals surface area contributed by atoms with Gasteiger partial charge in [-0.05, 0) is 45.6 Å². The third kappa shape index (κ3) is 3.32. The lowest BCUT2D eigenvalue weighted by molar-refractivity contribution is -0.142. The van der Waals surface area contributed by atoms with Crippen LogP contribution in [0, 0.1) is 11.8 Å². The number of nitrogens with zero attached hydrogens (tertiary/aromatic N) is 4. The summed E-state index contributed by atoms with van der Waals surface area (Å²) in [7, 11) is 0. The molecule has 0 aromatic carbocycles. The number of aliphatic carboxylic acids is 1. The van der Waals surface area contributed by atoms with E-state index >= 15 is 0 Å². The number of aryl methyl sites for hydroxylation is 1. The molecule has 6 heteroatoms. The lowest BCUT2D eigenvalue weighted by atomic mass is 9.94. The first kappa shape index (κ1) is 15.5. The Labute approximate surface area is 131 Å². The van der Waals surface area contributed by atoms with Crippen LogP contribution in [0.2, 0.25) is 0 Å². The van der Waals surface area contributed by atoms with Gasteiger partial charge in [-0.15, -0.1) is 0 Å². The van der Waals surface area contributed by atoms with Crippen molar-refractivity contribution in [3.63, 3.8) is 0 Å². The third-order valence-electron chi connectivity index (χ3n) is 5.00. The lowest BCUT2D eigenvalue weighted by Crippen LogP contribution is -2.40. The molecule has 6 nitrogen and oxygen atoms in total. The maximum Gasteiger partial charge on any atom is 0.308 e. The minimum absolute atomic E-state index is 0.312. The van der Waals surface area contributed by atoms with E-state index in [4.69, 9.17) is 5.11 Å². The van der Waals surface area contributed by atoms with Gasteiger partial charge in [-0.2, -0.15) is 5.10 Å². The minimum Gasteiger partial charge on any atom is -0.481 e. The van der Waals surface area contributed by atoms with Crippen LogP contribution < -0.4 is 0 Å². The Morgan fingerprint density at radius 3 is 2.91 bits per heavy atom. The molecule has 0 aliphatic carbocycles. The molecule has 0 radical (unpaired) electrons. The van der Waals surface area contributed by atoms with Crippen LogP contribution in [0.25, 0.3) is 0 Å². The van der Waals surface area contributed by atoms with E-state index < -0.39 is 5.97 Å². The molecule has 122 valence electrons. The smallest absolute Gasteiger partial charge is 0.308 e. The Bertz CT molecular complexity index is 540. The number of hydrogen-bond donors (Lipinski definition) is 1. The van der Waals surface area contributed by atoms with Crippen LogP contribution in [0.3, 0.4) is 0 Å². The van der Waals surface area contributed by atoms with Crippen LogP contribution >= 0.6 is 0 Å². The van der Waals surface area contributed by atoms with Gasteiger partial charge in [0, 0.05) is 25.4 Å². The van der Waals surface area contributed by atoms with E-state index in [0.717, 1.165) is 31.0 Å². The number of carbonyl (C=O) groups is 1. The summed E-state index contributed by atoms with van der Waals surface area (Å²) in [5.41, 5.74) is 0. The van der Waals surface area contributed by atoms with E-state index in [1.54, 1.807) is 0 Å². The first-order valence-electron chi connectivity index (χ1n) is 8.42. The molecule has 0 bridgehead atoms. The van der Waals surface area contributed by atoms with E-state index in [0.29, 0.717) is 24.9 Å². The van der Waals surface area contributed by atoms with Gasteiger partial charge in [0.2, 0.25) is 0 Å². The summed E-state index contributed by atoms with van der Waals surface area (Å²) < 4.78 is 1.82. The maximum absolute atomic E-state index is 11.1. The molecule has 2 atom stereocenters. The summed E-state index contributed by atoms with van der Waals surface area (Å²) in [6.07, 6.45) is 4.81. The zero-order valence-corrected chi connectivity index (χ0v) is 13.5. The molecule has 1 aromatic heterocycles. The summed E-state index contributed by atoms with van der Waals surface area (Å²) in [5, 5.41) is 13.7. The van der Waals surface area contributed by atoms with Crippen LogP contribution in [-0.2, 0) is 24.2 Å². The van der Waals surface area contributed by atoms with Gasteiger partial charge in [0.15, 0.2) is 5.82 Å². The highest BCUT2D eigenvalue weighted by Gasteiger charge is 2.28. The highest BCUT2D eigenvalue weighted by Crippen LogP contribution is 2.23. The summed E-state index contributed by atoms with van der Waals surface area (Å²) in [4.78, 5) is 18.3. The molecule has 1 N–H and O–H groups in total. The molecule has 2 aliphatic heterocycles. The van der Waals surface area contributed by atoms with Gasteiger partial charge in [0.1, 0.15) is 5.82 Å². The number of likely N-dealkylation sites (tertiary alicyclic amines) is 1. The van der Waals surface area contributed by atoms with E-state index in [1.165, 1.54) is 19.4 Å². The molecule has 0 saturated carbocycles. The molecular weight excluding hydrogens is 280 g/mol. The monoisotopic (exact) mass is 306 g/mol. The standard InChI is InChI=1S/C16H26N4O2/c1-11(2)19-7-3-4-12(9-19)8-14-17-15-6-5-13(16(21)22)10-20(15)18-14/h11-13H,3-10H2,1-2H3,(H,21,22). The number of fused-ring (bicyclic) bond motifs is 1. The Kier molecular flexibility index (Phi) is 4.47. The summed E-state index contributed by atoms with van der Waals surface area (Å²) in [5.74, 6) is 1.45. The van der Waals surface area contributed by atoms with Crippen molar-refractivity contribution in [3.05, 3.63) is 11.6 Å². The molecule has 22 heavy (non-hydrogen) atoms. The van der Waals surface area contributed by atoms with E-state index in [9.17, 15) is 4.79 Å². The highest BCUT2D eigenvalue weighted by atomic mass is 16.4.